The van der Waals surface area contributed by atoms with Gasteiger partial charge in [0, 0.05) is 12.7 Å². The summed E-state index contributed by atoms with van der Waals surface area (Å²) in [5, 5.41) is 8.97. The van der Waals surface area contributed by atoms with E-state index in [-0.39, 0.29) is 5.91 Å². The Kier molecular flexibility index (Phi) is 5.18. The molecule has 1 aromatic heterocycles. The fraction of sp³-hybridized carbons (Fsp3) is 0.400. The van der Waals surface area contributed by atoms with Gasteiger partial charge in [-0.1, -0.05) is 6.08 Å². The largest absolute Gasteiger partial charge is 0.379 e. The molecule has 0 aliphatic carbocycles. The predicted octanol–water partition coefficient (Wildman–Crippen LogP) is 0.732. The summed E-state index contributed by atoms with van der Waals surface area (Å²) in [6, 6.07) is 0. The number of nitrogens with one attached hydrogen (secondary N) is 2. The van der Waals surface area contributed by atoms with Gasteiger partial charge in [0.2, 0.25) is 0 Å². The fourth-order valence-electron chi connectivity index (χ4n) is 0.983. The first kappa shape index (κ1) is 11.5. The van der Waals surface area contributed by atoms with Gasteiger partial charge < -0.3 is 10.1 Å². The monoisotopic (exact) mass is 209 g/mol. The second-order valence-corrected chi connectivity index (χ2v) is 2.93. The first-order valence-corrected chi connectivity index (χ1v) is 4.80. The molecule has 0 aromatic carbocycles. The number of nitrogens with zero attached hydrogens (tertiary/aromatic N) is 1. The molecule has 1 heterocycles. The Bertz CT molecular complexity index is 296. The quantitative estimate of drug-likeness (QED) is 0.514. The Morgan fingerprint density at radius 1 is 1.67 bits per heavy atom. The molecule has 0 radical (unpaired) electrons. The van der Waals surface area contributed by atoms with Crippen LogP contribution in [-0.2, 0) is 4.74 Å². The number of aromatic amines is 1. The molecule has 0 saturated carbocycles. The van der Waals surface area contributed by atoms with Crippen LogP contribution < -0.4 is 5.32 Å². The van der Waals surface area contributed by atoms with Crippen LogP contribution in [0, 0.1) is 0 Å². The lowest BCUT2D eigenvalue weighted by Crippen LogP contribution is -2.27. The molecule has 0 spiro atoms. The number of carbonyl (C=O) groups is 1. The molecule has 5 nitrogen and oxygen atoms in total. The van der Waals surface area contributed by atoms with Gasteiger partial charge in [-0.05, 0) is 6.42 Å². The molecule has 82 valence electrons. The lowest BCUT2D eigenvalue weighted by Gasteiger charge is -2.03. The van der Waals surface area contributed by atoms with E-state index < -0.39 is 0 Å². The normalized spacial score (nSPS) is 9.87. The number of amides is 1. The highest BCUT2D eigenvalue weighted by Gasteiger charge is 2.04. The van der Waals surface area contributed by atoms with Crippen molar-refractivity contribution in [3.8, 4) is 0 Å². The Hall–Kier alpha value is -1.62. The summed E-state index contributed by atoms with van der Waals surface area (Å²) in [5.74, 6) is -0.143. The second-order valence-electron chi connectivity index (χ2n) is 2.93. The van der Waals surface area contributed by atoms with Gasteiger partial charge in [-0.15, -0.1) is 6.58 Å². The maximum atomic E-state index is 11.4. The van der Waals surface area contributed by atoms with Crippen LogP contribution in [0.1, 0.15) is 16.8 Å². The zero-order valence-corrected chi connectivity index (χ0v) is 8.53. The van der Waals surface area contributed by atoms with Crippen molar-refractivity contribution < 1.29 is 9.53 Å². The maximum absolute atomic E-state index is 11.4. The molecule has 0 aliphatic rings. The smallest absolute Gasteiger partial charge is 0.254 e. The zero-order chi connectivity index (χ0) is 10.9. The summed E-state index contributed by atoms with van der Waals surface area (Å²) in [7, 11) is 0. The molecule has 15 heavy (non-hydrogen) atoms. The molecule has 0 bridgehead atoms. The minimum Gasteiger partial charge on any atom is -0.379 e. The molecule has 0 atom stereocenters. The van der Waals surface area contributed by atoms with Crippen molar-refractivity contribution in [3.63, 3.8) is 0 Å². The Labute approximate surface area is 88.5 Å². The number of hydrogen-bond donors (Lipinski definition) is 2. The highest BCUT2D eigenvalue weighted by atomic mass is 16.5. The van der Waals surface area contributed by atoms with E-state index in [2.05, 4.69) is 22.1 Å². The molecule has 0 fully saturated rings. The van der Waals surface area contributed by atoms with E-state index in [1.54, 1.807) is 12.3 Å². The number of rotatable bonds is 7. The van der Waals surface area contributed by atoms with Crippen LogP contribution in [-0.4, -0.2) is 35.9 Å². The van der Waals surface area contributed by atoms with Crippen molar-refractivity contribution in [2.75, 3.05) is 19.8 Å². The number of H-pyrrole nitrogens is 1. The lowest BCUT2D eigenvalue weighted by molar-refractivity contribution is 0.0918. The summed E-state index contributed by atoms with van der Waals surface area (Å²) in [6.45, 7) is 5.24. The van der Waals surface area contributed by atoms with E-state index >= 15 is 0 Å². The van der Waals surface area contributed by atoms with Crippen molar-refractivity contribution in [2.45, 2.75) is 6.42 Å². The van der Waals surface area contributed by atoms with Crippen LogP contribution in [0.3, 0.4) is 0 Å². The molecule has 5 heteroatoms. The van der Waals surface area contributed by atoms with Gasteiger partial charge in [0.15, 0.2) is 0 Å². The third kappa shape index (κ3) is 4.42. The zero-order valence-electron chi connectivity index (χ0n) is 8.53. The minimum atomic E-state index is -0.143. The first-order valence-electron chi connectivity index (χ1n) is 4.80. The van der Waals surface area contributed by atoms with Gasteiger partial charge in [0.05, 0.1) is 25.0 Å². The van der Waals surface area contributed by atoms with Gasteiger partial charge >= 0.3 is 0 Å². The van der Waals surface area contributed by atoms with E-state index in [0.717, 1.165) is 6.42 Å². The van der Waals surface area contributed by atoms with E-state index in [1.807, 2.05) is 0 Å². The molecular formula is C10H15N3O2. The average molecular weight is 209 g/mol. The summed E-state index contributed by atoms with van der Waals surface area (Å²) < 4.78 is 5.23. The molecule has 1 amide bonds. The van der Waals surface area contributed by atoms with Gasteiger partial charge in [-0.3, -0.25) is 9.89 Å². The number of carbonyl (C=O) groups excluding carboxylic acids is 1. The fourth-order valence-corrected chi connectivity index (χ4v) is 0.983. The van der Waals surface area contributed by atoms with Gasteiger partial charge in [0.1, 0.15) is 0 Å². The Morgan fingerprint density at radius 3 is 3.20 bits per heavy atom. The van der Waals surface area contributed by atoms with E-state index in [0.29, 0.717) is 25.3 Å². The molecule has 0 unspecified atom stereocenters. The number of ether oxygens (including phenoxy) is 1. The first-order chi connectivity index (χ1) is 7.34. The van der Waals surface area contributed by atoms with Crippen LogP contribution in [0.15, 0.2) is 25.0 Å². The SMILES string of the molecule is C=CCCOCCNC(=O)c1cn[nH]c1. The van der Waals surface area contributed by atoms with Crippen molar-refractivity contribution >= 4 is 5.91 Å². The topological polar surface area (TPSA) is 67.0 Å². The number of aromatic nitrogens is 2. The third-order valence-corrected chi connectivity index (χ3v) is 1.76. The van der Waals surface area contributed by atoms with Crippen LogP contribution in [0.25, 0.3) is 0 Å². The average Bonchev–Trinajstić information content (AvgIpc) is 2.76. The van der Waals surface area contributed by atoms with E-state index in [4.69, 9.17) is 4.74 Å². The van der Waals surface area contributed by atoms with Gasteiger partial charge in [0.25, 0.3) is 5.91 Å². The van der Waals surface area contributed by atoms with Crippen molar-refractivity contribution in [1.29, 1.82) is 0 Å². The summed E-state index contributed by atoms with van der Waals surface area (Å²) in [4.78, 5) is 11.4. The molecule has 1 rings (SSSR count). The van der Waals surface area contributed by atoms with Gasteiger partial charge in [-0.25, -0.2) is 0 Å². The molecule has 0 aliphatic heterocycles. The van der Waals surface area contributed by atoms with E-state index in [1.165, 1.54) is 6.20 Å². The lowest BCUT2D eigenvalue weighted by atomic mass is 10.3. The Morgan fingerprint density at radius 2 is 2.53 bits per heavy atom. The molecule has 0 saturated heterocycles. The van der Waals surface area contributed by atoms with Crippen LogP contribution in [0.2, 0.25) is 0 Å². The highest BCUT2D eigenvalue weighted by molar-refractivity contribution is 5.93. The maximum Gasteiger partial charge on any atom is 0.254 e. The van der Waals surface area contributed by atoms with Crippen molar-refractivity contribution in [2.24, 2.45) is 0 Å². The van der Waals surface area contributed by atoms with Crippen molar-refractivity contribution in [3.05, 3.63) is 30.6 Å². The van der Waals surface area contributed by atoms with Gasteiger partial charge in [-0.2, -0.15) is 5.10 Å². The molecule has 2 N–H and O–H groups in total. The summed E-state index contributed by atoms with van der Waals surface area (Å²) in [6.07, 6.45) is 5.65. The Balaban J connectivity index is 2.05. The summed E-state index contributed by atoms with van der Waals surface area (Å²) in [5.41, 5.74) is 0.529. The predicted molar refractivity (Wildman–Crippen MR) is 56.6 cm³/mol. The van der Waals surface area contributed by atoms with Crippen LogP contribution in [0.4, 0.5) is 0 Å². The minimum absolute atomic E-state index is 0.143. The second kappa shape index (κ2) is 6.78. The van der Waals surface area contributed by atoms with Crippen LogP contribution >= 0.6 is 0 Å². The summed E-state index contributed by atoms with van der Waals surface area (Å²) >= 11 is 0. The standard InChI is InChI=1S/C10H15N3O2/c1-2-3-5-15-6-4-11-10(14)9-7-12-13-8-9/h2,7-8H,1,3-6H2,(H,11,14)(H,12,13). The third-order valence-electron chi connectivity index (χ3n) is 1.76. The molecular weight excluding hydrogens is 194 g/mol. The van der Waals surface area contributed by atoms with Crippen molar-refractivity contribution in [1.82, 2.24) is 15.5 Å². The molecule has 1 aromatic rings. The van der Waals surface area contributed by atoms with E-state index in [9.17, 15) is 4.79 Å². The highest BCUT2D eigenvalue weighted by Crippen LogP contribution is 1.92. The van der Waals surface area contributed by atoms with Crippen LogP contribution in [0.5, 0.6) is 0 Å². The number of hydrogen-bond acceptors (Lipinski definition) is 3.